The van der Waals surface area contributed by atoms with Gasteiger partial charge in [0, 0.05) is 4.90 Å². The van der Waals surface area contributed by atoms with Crippen LogP contribution in [0.4, 0.5) is 11.6 Å². The molecule has 0 aliphatic carbocycles. The number of phenols is 1. The minimum Gasteiger partial charge on any atom is -0.506 e. The average Bonchev–Trinajstić information content (AvgIpc) is 2.58. The summed E-state index contributed by atoms with van der Waals surface area (Å²) in [5.41, 5.74) is 0.662. The van der Waals surface area contributed by atoms with E-state index in [0.717, 1.165) is 10.6 Å². The first-order chi connectivity index (χ1) is 11.3. The van der Waals surface area contributed by atoms with Crippen LogP contribution in [0.1, 0.15) is 45.4 Å². The number of rotatable bonds is 10. The number of hydrogen-bond donors (Lipinski definition) is 2. The van der Waals surface area contributed by atoms with Gasteiger partial charge in [0.1, 0.15) is 18.4 Å². The molecule has 0 saturated heterocycles. The Morgan fingerprint density at radius 2 is 1.78 bits per heavy atom. The van der Waals surface area contributed by atoms with Gasteiger partial charge in [-0.1, -0.05) is 45.1 Å². The highest BCUT2D eigenvalue weighted by molar-refractivity contribution is 7.99. The Balaban J connectivity index is 1.87. The molecule has 0 fully saturated rings. The zero-order valence-corrected chi connectivity index (χ0v) is 14.4. The van der Waals surface area contributed by atoms with Crippen molar-refractivity contribution in [1.82, 2.24) is 15.0 Å². The minimum absolute atomic E-state index is 0.207. The van der Waals surface area contributed by atoms with E-state index in [2.05, 4.69) is 27.2 Å². The van der Waals surface area contributed by atoms with Crippen molar-refractivity contribution in [3.05, 3.63) is 30.9 Å². The monoisotopic (exact) mass is 332 g/mol. The van der Waals surface area contributed by atoms with Gasteiger partial charge in [0.15, 0.2) is 0 Å². The van der Waals surface area contributed by atoms with Gasteiger partial charge in [-0.25, -0.2) is 15.0 Å². The van der Waals surface area contributed by atoms with Crippen LogP contribution < -0.4 is 5.32 Å². The third kappa shape index (κ3) is 6.06. The molecule has 0 bridgehead atoms. The quantitative estimate of drug-likeness (QED) is 0.371. The van der Waals surface area contributed by atoms with E-state index < -0.39 is 0 Å². The minimum atomic E-state index is 0.207. The number of aromatic nitrogens is 3. The molecular formula is C17H24N4OS. The smallest absolute Gasteiger partial charge is 0.230 e. The summed E-state index contributed by atoms with van der Waals surface area (Å²) in [4.78, 5) is 12.9. The molecule has 1 aromatic carbocycles. The highest BCUT2D eigenvalue weighted by atomic mass is 32.2. The van der Waals surface area contributed by atoms with Gasteiger partial charge in [0.2, 0.25) is 5.95 Å². The summed E-state index contributed by atoms with van der Waals surface area (Å²) < 4.78 is 0. The number of aromatic hydroxyl groups is 1. The Morgan fingerprint density at radius 3 is 2.57 bits per heavy atom. The van der Waals surface area contributed by atoms with Crippen LogP contribution in [-0.4, -0.2) is 25.8 Å². The Labute approximate surface area is 142 Å². The highest BCUT2D eigenvalue weighted by Crippen LogP contribution is 2.36. The van der Waals surface area contributed by atoms with Gasteiger partial charge in [-0.3, -0.25) is 0 Å². The summed E-state index contributed by atoms with van der Waals surface area (Å²) in [6.07, 6.45) is 10.6. The zero-order valence-electron chi connectivity index (χ0n) is 13.5. The number of para-hydroxylation sites is 1. The van der Waals surface area contributed by atoms with Crippen molar-refractivity contribution < 1.29 is 5.11 Å². The lowest BCUT2D eigenvalue weighted by Gasteiger charge is -2.12. The second kappa shape index (κ2) is 10.0. The lowest BCUT2D eigenvalue weighted by atomic mass is 10.1. The first kappa shape index (κ1) is 17.5. The number of unbranched alkanes of at least 4 members (excludes halogenated alkanes) is 5. The molecule has 1 heterocycles. The van der Waals surface area contributed by atoms with Gasteiger partial charge in [0.25, 0.3) is 0 Å². The molecule has 0 atom stereocenters. The molecule has 2 aromatic rings. The number of thioether (sulfide) groups is 1. The molecule has 0 aliphatic rings. The Bertz CT molecular complexity index is 580. The fourth-order valence-electron chi connectivity index (χ4n) is 2.25. The molecule has 0 unspecified atom stereocenters. The molecule has 0 spiro atoms. The standard InChI is InChI=1S/C17H24N4OS/c1-2-3-4-5-6-7-11-23-15-10-8-9-14(22)16(15)21-17-19-12-18-13-20-17/h8-10,12-13,22H,2-7,11H2,1H3,(H,18,19,20,21). The van der Waals surface area contributed by atoms with Crippen LogP contribution in [0.3, 0.4) is 0 Å². The van der Waals surface area contributed by atoms with Crippen molar-refractivity contribution in [1.29, 1.82) is 0 Å². The van der Waals surface area contributed by atoms with E-state index in [1.165, 1.54) is 51.2 Å². The number of nitrogens with zero attached hydrogens (tertiary/aromatic N) is 3. The number of nitrogens with one attached hydrogen (secondary N) is 1. The van der Waals surface area contributed by atoms with Crippen molar-refractivity contribution in [3.63, 3.8) is 0 Å². The van der Waals surface area contributed by atoms with Crippen LogP contribution in [0, 0.1) is 0 Å². The van der Waals surface area contributed by atoms with Crippen LogP contribution in [-0.2, 0) is 0 Å². The van der Waals surface area contributed by atoms with Crippen LogP contribution in [0.5, 0.6) is 5.75 Å². The van der Waals surface area contributed by atoms with E-state index >= 15 is 0 Å². The maximum atomic E-state index is 10.1. The molecule has 0 amide bonds. The van der Waals surface area contributed by atoms with E-state index in [9.17, 15) is 5.11 Å². The van der Waals surface area contributed by atoms with Crippen LogP contribution in [0.2, 0.25) is 0 Å². The predicted octanol–water partition coefficient (Wildman–Crippen LogP) is 4.77. The Morgan fingerprint density at radius 1 is 1.04 bits per heavy atom. The van der Waals surface area contributed by atoms with Crippen molar-refractivity contribution in [3.8, 4) is 5.75 Å². The summed E-state index contributed by atoms with van der Waals surface area (Å²) in [7, 11) is 0. The number of anilines is 2. The molecule has 2 rings (SSSR count). The molecule has 0 radical (unpaired) electrons. The Kier molecular flexibility index (Phi) is 7.66. The van der Waals surface area contributed by atoms with E-state index in [-0.39, 0.29) is 5.75 Å². The normalized spacial score (nSPS) is 10.7. The lowest BCUT2D eigenvalue weighted by molar-refractivity contribution is 0.476. The average molecular weight is 332 g/mol. The molecule has 23 heavy (non-hydrogen) atoms. The SMILES string of the molecule is CCCCCCCCSc1cccc(O)c1Nc1ncncn1. The molecular weight excluding hydrogens is 308 g/mol. The van der Waals surface area contributed by atoms with Crippen molar-refractivity contribution in [2.75, 3.05) is 11.1 Å². The first-order valence-electron chi connectivity index (χ1n) is 8.15. The van der Waals surface area contributed by atoms with E-state index in [4.69, 9.17) is 0 Å². The fraction of sp³-hybridized carbons (Fsp3) is 0.471. The molecule has 0 aliphatic heterocycles. The summed E-state index contributed by atoms with van der Waals surface area (Å²) in [6, 6.07) is 5.53. The predicted molar refractivity (Wildman–Crippen MR) is 95.3 cm³/mol. The van der Waals surface area contributed by atoms with E-state index in [0.29, 0.717) is 11.6 Å². The second-order valence-electron chi connectivity index (χ2n) is 5.35. The van der Waals surface area contributed by atoms with Gasteiger partial charge < -0.3 is 10.4 Å². The topological polar surface area (TPSA) is 70.9 Å². The van der Waals surface area contributed by atoms with Gasteiger partial charge in [-0.2, -0.15) is 0 Å². The maximum absolute atomic E-state index is 10.1. The number of benzene rings is 1. The van der Waals surface area contributed by atoms with Gasteiger partial charge >= 0.3 is 0 Å². The van der Waals surface area contributed by atoms with Gasteiger partial charge in [-0.05, 0) is 24.3 Å². The maximum Gasteiger partial charge on any atom is 0.230 e. The van der Waals surface area contributed by atoms with Crippen LogP contribution >= 0.6 is 11.8 Å². The third-order valence-electron chi connectivity index (χ3n) is 3.49. The molecule has 6 heteroatoms. The molecule has 124 valence electrons. The zero-order chi connectivity index (χ0) is 16.3. The molecule has 5 nitrogen and oxygen atoms in total. The number of phenolic OH excluding ortho intramolecular Hbond substituents is 1. The van der Waals surface area contributed by atoms with Gasteiger partial charge in [0.05, 0.1) is 5.69 Å². The molecule has 0 saturated carbocycles. The van der Waals surface area contributed by atoms with E-state index in [1.807, 2.05) is 12.1 Å². The molecule has 1 aromatic heterocycles. The van der Waals surface area contributed by atoms with E-state index in [1.54, 1.807) is 17.8 Å². The van der Waals surface area contributed by atoms with Crippen molar-refractivity contribution in [2.24, 2.45) is 0 Å². The summed E-state index contributed by atoms with van der Waals surface area (Å²) >= 11 is 1.75. The lowest BCUT2D eigenvalue weighted by Crippen LogP contribution is -1.98. The second-order valence-corrected chi connectivity index (χ2v) is 6.49. The Hall–Kier alpha value is -1.82. The molecule has 2 N–H and O–H groups in total. The largest absolute Gasteiger partial charge is 0.506 e. The summed E-state index contributed by atoms with van der Waals surface area (Å²) in [6.45, 7) is 2.23. The summed E-state index contributed by atoms with van der Waals surface area (Å²) in [5, 5.41) is 13.2. The highest BCUT2D eigenvalue weighted by Gasteiger charge is 2.09. The van der Waals surface area contributed by atoms with Crippen LogP contribution in [0.15, 0.2) is 35.7 Å². The first-order valence-corrected chi connectivity index (χ1v) is 9.13. The van der Waals surface area contributed by atoms with Crippen molar-refractivity contribution >= 4 is 23.4 Å². The summed E-state index contributed by atoms with van der Waals surface area (Å²) in [5.74, 6) is 1.68. The van der Waals surface area contributed by atoms with Crippen molar-refractivity contribution in [2.45, 2.75) is 50.3 Å². The van der Waals surface area contributed by atoms with Gasteiger partial charge in [-0.15, -0.1) is 11.8 Å². The fourth-order valence-corrected chi connectivity index (χ4v) is 3.29. The van der Waals surface area contributed by atoms with Crippen LogP contribution in [0.25, 0.3) is 0 Å². The number of hydrogen-bond acceptors (Lipinski definition) is 6. The third-order valence-corrected chi connectivity index (χ3v) is 4.63.